The Morgan fingerprint density at radius 3 is 1.50 bits per heavy atom. The highest BCUT2D eigenvalue weighted by molar-refractivity contribution is 5.81. The van der Waals surface area contributed by atoms with E-state index in [1.807, 2.05) is 0 Å². The zero-order valence-electron chi connectivity index (χ0n) is 21.7. The molecule has 188 valence electrons. The minimum Gasteiger partial charge on any atom is -0.302 e. The highest BCUT2D eigenvalue weighted by atomic mass is 16.1. The summed E-state index contributed by atoms with van der Waals surface area (Å²) in [4.78, 5) is 27.1. The molecule has 2 heterocycles. The smallest absolute Gasteiger partial charge is 0.146 e. The summed E-state index contributed by atoms with van der Waals surface area (Å²) in [6.07, 6.45) is 22.6. The molecule has 2 saturated heterocycles. The van der Waals surface area contributed by atoms with Gasteiger partial charge in [0, 0.05) is 32.4 Å². The van der Waals surface area contributed by atoms with Crippen LogP contribution in [0.5, 0.6) is 0 Å². The Morgan fingerprint density at radius 1 is 0.531 bits per heavy atom. The Balaban J connectivity index is 0.000000320. The van der Waals surface area contributed by atoms with Gasteiger partial charge in [-0.15, -0.1) is 0 Å². The molecule has 2 aliphatic heterocycles. The van der Waals surface area contributed by atoms with E-state index in [1.165, 1.54) is 96.4 Å². The first-order valence-electron chi connectivity index (χ1n) is 14.1. The Morgan fingerprint density at radius 2 is 1.00 bits per heavy atom. The van der Waals surface area contributed by atoms with Gasteiger partial charge in [-0.25, -0.2) is 0 Å². The highest BCUT2D eigenvalue weighted by Gasteiger charge is 2.16. The Bertz CT molecular complexity index is 456. The Kier molecular flexibility index (Phi) is 19.1. The molecule has 2 rings (SSSR count). The molecular weight excluding hydrogens is 396 g/mol. The number of carbonyl (C=O) groups is 2. The first kappa shape index (κ1) is 29.3. The minimum absolute atomic E-state index is 0.439. The molecule has 2 aliphatic rings. The monoisotopic (exact) mass is 450 g/mol. The molecule has 0 aromatic heterocycles. The quantitative estimate of drug-likeness (QED) is 0.242. The maximum atomic E-state index is 11.2. The van der Waals surface area contributed by atoms with Gasteiger partial charge in [0.25, 0.3) is 0 Å². The average molecular weight is 451 g/mol. The standard InChI is InChI=1S/2C14H27NO/c1-2-3-4-5-6-7-8-11-15-12-9-14(16)10-13-15;1-2-3-4-5-6-7-8-11-15-12-9-10-14(16)13-15/h2*2-13H2,1H3. The summed E-state index contributed by atoms with van der Waals surface area (Å²) in [6, 6.07) is 0. The molecule has 4 heteroatoms. The van der Waals surface area contributed by atoms with Crippen molar-refractivity contribution in [3.8, 4) is 0 Å². The zero-order chi connectivity index (χ0) is 23.3. The molecule has 0 saturated carbocycles. The van der Waals surface area contributed by atoms with Gasteiger partial charge in [-0.05, 0) is 38.9 Å². The molecule has 4 nitrogen and oxygen atoms in total. The lowest BCUT2D eigenvalue weighted by molar-refractivity contribution is -0.122. The van der Waals surface area contributed by atoms with Gasteiger partial charge in [0.2, 0.25) is 0 Å². The van der Waals surface area contributed by atoms with Crippen LogP contribution in [0, 0.1) is 0 Å². The first-order chi connectivity index (χ1) is 15.7. The molecule has 0 N–H and O–H groups in total. The van der Waals surface area contributed by atoms with Crippen molar-refractivity contribution in [3.63, 3.8) is 0 Å². The van der Waals surface area contributed by atoms with E-state index in [0.29, 0.717) is 11.6 Å². The molecule has 0 atom stereocenters. The number of hydrogen-bond acceptors (Lipinski definition) is 4. The molecule has 0 spiro atoms. The Hall–Kier alpha value is -0.740. The molecule has 0 aromatic carbocycles. The second kappa shape index (κ2) is 20.8. The van der Waals surface area contributed by atoms with Crippen LogP contribution in [0.2, 0.25) is 0 Å². The second-order valence-corrected chi connectivity index (χ2v) is 10.0. The molecule has 0 radical (unpaired) electrons. The van der Waals surface area contributed by atoms with Crippen LogP contribution in [0.1, 0.15) is 129 Å². The third-order valence-electron chi connectivity index (χ3n) is 6.90. The van der Waals surface area contributed by atoms with Crippen molar-refractivity contribution in [1.82, 2.24) is 9.80 Å². The van der Waals surface area contributed by atoms with Gasteiger partial charge in [0.15, 0.2) is 0 Å². The predicted molar refractivity (Wildman–Crippen MR) is 137 cm³/mol. The van der Waals surface area contributed by atoms with E-state index in [0.717, 1.165) is 58.4 Å². The number of ketones is 2. The van der Waals surface area contributed by atoms with Crippen LogP contribution in [-0.4, -0.2) is 60.6 Å². The molecule has 0 unspecified atom stereocenters. The van der Waals surface area contributed by atoms with Gasteiger partial charge in [-0.1, -0.05) is 90.9 Å². The zero-order valence-corrected chi connectivity index (χ0v) is 21.7. The summed E-state index contributed by atoms with van der Waals surface area (Å²) in [5, 5.41) is 0. The molecule has 0 bridgehead atoms. The lowest BCUT2D eigenvalue weighted by Gasteiger charge is -2.25. The van der Waals surface area contributed by atoms with Crippen LogP contribution in [0.4, 0.5) is 0 Å². The lowest BCUT2D eigenvalue weighted by Crippen LogP contribution is -2.36. The van der Waals surface area contributed by atoms with Crippen molar-refractivity contribution in [2.24, 2.45) is 0 Å². The maximum absolute atomic E-state index is 11.2. The van der Waals surface area contributed by atoms with Crippen LogP contribution in [0.25, 0.3) is 0 Å². The number of unbranched alkanes of at least 4 members (excludes halogenated alkanes) is 12. The van der Waals surface area contributed by atoms with Gasteiger partial charge in [-0.2, -0.15) is 0 Å². The number of carbonyl (C=O) groups excluding carboxylic acids is 2. The SMILES string of the molecule is CCCCCCCCCN1CCC(=O)CC1.CCCCCCCCCN1CCCC(=O)C1. The number of nitrogens with zero attached hydrogens (tertiary/aromatic N) is 2. The van der Waals surface area contributed by atoms with Gasteiger partial charge in [0.1, 0.15) is 11.6 Å². The van der Waals surface area contributed by atoms with E-state index in [1.54, 1.807) is 0 Å². The van der Waals surface area contributed by atoms with E-state index in [4.69, 9.17) is 0 Å². The van der Waals surface area contributed by atoms with Gasteiger partial charge >= 0.3 is 0 Å². The summed E-state index contributed by atoms with van der Waals surface area (Å²) in [5.41, 5.74) is 0. The van der Waals surface area contributed by atoms with Gasteiger partial charge < -0.3 is 4.90 Å². The van der Waals surface area contributed by atoms with Gasteiger partial charge in [0.05, 0.1) is 6.54 Å². The number of likely N-dealkylation sites (tertiary alicyclic amines) is 2. The van der Waals surface area contributed by atoms with Crippen LogP contribution < -0.4 is 0 Å². The van der Waals surface area contributed by atoms with Crippen LogP contribution in [0.15, 0.2) is 0 Å². The summed E-state index contributed by atoms with van der Waals surface area (Å²) < 4.78 is 0. The van der Waals surface area contributed by atoms with E-state index in [2.05, 4.69) is 23.6 Å². The third-order valence-corrected chi connectivity index (χ3v) is 6.90. The van der Waals surface area contributed by atoms with E-state index in [-0.39, 0.29) is 0 Å². The molecule has 0 aromatic rings. The predicted octanol–water partition coefficient (Wildman–Crippen LogP) is 6.80. The fraction of sp³-hybridized carbons (Fsp3) is 0.929. The van der Waals surface area contributed by atoms with Crippen molar-refractivity contribution >= 4 is 11.6 Å². The molecule has 2 fully saturated rings. The van der Waals surface area contributed by atoms with E-state index >= 15 is 0 Å². The molecule has 32 heavy (non-hydrogen) atoms. The second-order valence-electron chi connectivity index (χ2n) is 10.0. The van der Waals surface area contributed by atoms with Crippen LogP contribution in [-0.2, 0) is 9.59 Å². The van der Waals surface area contributed by atoms with Crippen LogP contribution in [0.3, 0.4) is 0 Å². The third kappa shape index (κ3) is 16.8. The summed E-state index contributed by atoms with van der Waals surface area (Å²) in [6.45, 7) is 10.7. The first-order valence-corrected chi connectivity index (χ1v) is 14.1. The fourth-order valence-corrected chi connectivity index (χ4v) is 4.71. The average Bonchev–Trinajstić information content (AvgIpc) is 2.80. The minimum atomic E-state index is 0.439. The lowest BCUT2D eigenvalue weighted by atomic mass is 10.1. The summed E-state index contributed by atoms with van der Waals surface area (Å²) >= 11 is 0. The van der Waals surface area contributed by atoms with Crippen molar-refractivity contribution < 1.29 is 9.59 Å². The molecular formula is C28H54N2O2. The van der Waals surface area contributed by atoms with Crippen molar-refractivity contribution in [2.75, 3.05) is 39.3 Å². The highest BCUT2D eigenvalue weighted by Crippen LogP contribution is 2.11. The molecule has 0 aliphatic carbocycles. The van der Waals surface area contributed by atoms with E-state index in [9.17, 15) is 9.59 Å². The summed E-state index contributed by atoms with van der Waals surface area (Å²) in [7, 11) is 0. The maximum Gasteiger partial charge on any atom is 0.146 e. The van der Waals surface area contributed by atoms with Crippen molar-refractivity contribution in [1.29, 1.82) is 0 Å². The topological polar surface area (TPSA) is 40.6 Å². The van der Waals surface area contributed by atoms with Gasteiger partial charge in [-0.3, -0.25) is 14.5 Å². The van der Waals surface area contributed by atoms with Crippen molar-refractivity contribution in [3.05, 3.63) is 0 Å². The van der Waals surface area contributed by atoms with Crippen molar-refractivity contribution in [2.45, 2.75) is 129 Å². The number of hydrogen-bond donors (Lipinski definition) is 0. The van der Waals surface area contributed by atoms with Crippen LogP contribution >= 0.6 is 0 Å². The molecule has 0 amide bonds. The number of piperidine rings is 2. The fourth-order valence-electron chi connectivity index (χ4n) is 4.71. The summed E-state index contributed by atoms with van der Waals surface area (Å²) in [5.74, 6) is 0.894. The largest absolute Gasteiger partial charge is 0.302 e. The number of Topliss-reactive ketones (excluding diaryl/α,β-unsaturated/α-hetero) is 2. The Labute approximate surface area is 199 Å². The van der Waals surface area contributed by atoms with E-state index < -0.39 is 0 Å². The normalized spacial score (nSPS) is 17.9. The number of rotatable bonds is 16.